The van der Waals surface area contributed by atoms with Gasteiger partial charge in [-0.1, -0.05) is 0 Å². The van der Waals surface area contributed by atoms with E-state index in [0.29, 0.717) is 6.04 Å². The molecule has 3 nitrogen and oxygen atoms in total. The molecule has 3 N–H and O–H groups in total. The summed E-state index contributed by atoms with van der Waals surface area (Å²) in [6, 6.07) is 0.332. The molecule has 13 heavy (non-hydrogen) atoms. The molecule has 0 rings (SSSR count). The van der Waals surface area contributed by atoms with Gasteiger partial charge >= 0.3 is 0 Å². The summed E-state index contributed by atoms with van der Waals surface area (Å²) in [5.41, 5.74) is 0. The average Bonchev–Trinajstić information content (AvgIpc) is 2.14. The van der Waals surface area contributed by atoms with Crippen LogP contribution in [0.3, 0.4) is 0 Å². The normalized spacial score (nSPS) is 15.7. The Bertz CT molecular complexity index is 110. The van der Waals surface area contributed by atoms with E-state index in [-0.39, 0.29) is 18.5 Å². The fourth-order valence-corrected chi connectivity index (χ4v) is 1.79. The first-order valence-electron chi connectivity index (χ1n) is 4.74. The van der Waals surface area contributed by atoms with Crippen LogP contribution in [0.5, 0.6) is 0 Å². The largest absolute Gasteiger partial charge is 0.396 e. The van der Waals surface area contributed by atoms with Gasteiger partial charge < -0.3 is 15.5 Å². The van der Waals surface area contributed by atoms with E-state index in [1.54, 1.807) is 11.8 Å². The molecule has 0 aliphatic rings. The first-order chi connectivity index (χ1) is 6.26. The van der Waals surface area contributed by atoms with Crippen LogP contribution in [0.15, 0.2) is 0 Å². The van der Waals surface area contributed by atoms with Crippen LogP contribution in [0.25, 0.3) is 0 Å². The summed E-state index contributed by atoms with van der Waals surface area (Å²) < 4.78 is 0. The van der Waals surface area contributed by atoms with Crippen molar-refractivity contribution in [2.45, 2.75) is 31.1 Å². The standard InChI is InChI=1S/C9H21NO2S/c1-8(9(7-12)13-2)10-5-3-4-6-11/h8-12H,3-7H2,1-2H3. The minimum atomic E-state index is 0.218. The highest BCUT2D eigenvalue weighted by molar-refractivity contribution is 7.99. The van der Waals surface area contributed by atoms with Crippen molar-refractivity contribution in [1.82, 2.24) is 5.32 Å². The van der Waals surface area contributed by atoms with Crippen LogP contribution in [0, 0.1) is 0 Å². The van der Waals surface area contributed by atoms with E-state index in [4.69, 9.17) is 10.2 Å². The molecule has 0 bridgehead atoms. The Balaban J connectivity index is 3.42. The van der Waals surface area contributed by atoms with Gasteiger partial charge in [0.1, 0.15) is 0 Å². The van der Waals surface area contributed by atoms with Crippen LogP contribution < -0.4 is 5.32 Å². The zero-order chi connectivity index (χ0) is 10.1. The predicted molar refractivity (Wildman–Crippen MR) is 58.2 cm³/mol. The molecule has 0 fully saturated rings. The summed E-state index contributed by atoms with van der Waals surface area (Å²) in [6.07, 6.45) is 3.85. The maximum Gasteiger partial charge on any atom is 0.0564 e. The van der Waals surface area contributed by atoms with E-state index in [2.05, 4.69) is 12.2 Å². The van der Waals surface area contributed by atoms with E-state index in [1.807, 2.05) is 6.26 Å². The van der Waals surface area contributed by atoms with E-state index < -0.39 is 0 Å². The van der Waals surface area contributed by atoms with Crippen LogP contribution in [-0.2, 0) is 0 Å². The molecule has 0 aliphatic heterocycles. The van der Waals surface area contributed by atoms with Crippen molar-refractivity contribution in [3.05, 3.63) is 0 Å². The third-order valence-corrected chi connectivity index (χ3v) is 3.25. The topological polar surface area (TPSA) is 52.5 Å². The lowest BCUT2D eigenvalue weighted by molar-refractivity contribution is 0.269. The maximum atomic E-state index is 9.00. The molecule has 80 valence electrons. The second kappa shape index (κ2) is 8.81. The van der Waals surface area contributed by atoms with Gasteiger partial charge in [-0.3, -0.25) is 0 Å². The summed E-state index contributed by atoms with van der Waals surface area (Å²) in [5.74, 6) is 0. The Morgan fingerprint density at radius 2 is 2.00 bits per heavy atom. The number of hydrogen-bond donors (Lipinski definition) is 3. The van der Waals surface area contributed by atoms with Crippen LogP contribution in [0.1, 0.15) is 19.8 Å². The molecule has 0 aliphatic carbocycles. The van der Waals surface area contributed by atoms with Crippen molar-refractivity contribution >= 4 is 11.8 Å². The highest BCUT2D eigenvalue weighted by atomic mass is 32.2. The average molecular weight is 207 g/mol. The van der Waals surface area contributed by atoms with Crippen LogP contribution in [-0.4, -0.2) is 47.5 Å². The van der Waals surface area contributed by atoms with E-state index in [0.717, 1.165) is 19.4 Å². The number of rotatable bonds is 8. The lowest BCUT2D eigenvalue weighted by Gasteiger charge is -2.21. The molecule has 0 saturated heterocycles. The van der Waals surface area contributed by atoms with Gasteiger partial charge in [-0.15, -0.1) is 0 Å². The lowest BCUT2D eigenvalue weighted by Crippen LogP contribution is -2.38. The minimum Gasteiger partial charge on any atom is -0.396 e. The van der Waals surface area contributed by atoms with Crippen LogP contribution >= 0.6 is 11.8 Å². The SMILES string of the molecule is CSC(CO)C(C)NCCCCO. The molecule has 0 spiro atoms. The molecule has 0 radical (unpaired) electrons. The van der Waals surface area contributed by atoms with E-state index in [1.165, 1.54) is 0 Å². The van der Waals surface area contributed by atoms with Gasteiger partial charge in [-0.25, -0.2) is 0 Å². The number of aliphatic hydroxyl groups excluding tert-OH is 2. The van der Waals surface area contributed by atoms with Crippen molar-refractivity contribution in [2.24, 2.45) is 0 Å². The summed E-state index contributed by atoms with van der Waals surface area (Å²) in [7, 11) is 0. The van der Waals surface area contributed by atoms with Gasteiger partial charge in [0.15, 0.2) is 0 Å². The molecule has 0 aromatic heterocycles. The highest BCUT2D eigenvalue weighted by Crippen LogP contribution is 2.09. The van der Waals surface area contributed by atoms with Gasteiger partial charge in [0.25, 0.3) is 0 Å². The van der Waals surface area contributed by atoms with Crippen molar-refractivity contribution in [2.75, 3.05) is 26.0 Å². The van der Waals surface area contributed by atoms with Gasteiger partial charge in [-0.2, -0.15) is 11.8 Å². The highest BCUT2D eigenvalue weighted by Gasteiger charge is 2.13. The van der Waals surface area contributed by atoms with E-state index in [9.17, 15) is 0 Å². The molecule has 0 amide bonds. The molecule has 2 atom stereocenters. The van der Waals surface area contributed by atoms with Crippen molar-refractivity contribution in [3.8, 4) is 0 Å². The fraction of sp³-hybridized carbons (Fsp3) is 1.00. The van der Waals surface area contributed by atoms with Gasteiger partial charge in [0.2, 0.25) is 0 Å². The van der Waals surface area contributed by atoms with Crippen molar-refractivity contribution in [3.63, 3.8) is 0 Å². The van der Waals surface area contributed by atoms with Crippen molar-refractivity contribution in [1.29, 1.82) is 0 Å². The quantitative estimate of drug-likeness (QED) is 0.506. The first kappa shape index (κ1) is 13.2. The first-order valence-corrected chi connectivity index (χ1v) is 6.03. The van der Waals surface area contributed by atoms with E-state index >= 15 is 0 Å². The van der Waals surface area contributed by atoms with Crippen LogP contribution in [0.2, 0.25) is 0 Å². The van der Waals surface area contributed by atoms with Gasteiger partial charge in [-0.05, 0) is 32.6 Å². The summed E-state index contributed by atoms with van der Waals surface area (Å²) in [4.78, 5) is 0. The van der Waals surface area contributed by atoms with Gasteiger partial charge in [0, 0.05) is 17.9 Å². The fourth-order valence-electron chi connectivity index (χ4n) is 1.13. The molecule has 4 heteroatoms. The second-order valence-corrected chi connectivity index (χ2v) is 4.21. The Hall–Kier alpha value is 0.230. The summed E-state index contributed by atoms with van der Waals surface area (Å²) in [5, 5.41) is 21.2. The third kappa shape index (κ3) is 6.32. The molecule has 0 saturated carbocycles. The number of nitrogens with one attached hydrogen (secondary N) is 1. The zero-order valence-corrected chi connectivity index (χ0v) is 9.31. The number of aliphatic hydroxyl groups is 2. The molecule has 0 aromatic rings. The molecule has 2 unspecified atom stereocenters. The number of thioether (sulfide) groups is 1. The Labute approximate surface area is 84.9 Å². The molecule has 0 heterocycles. The van der Waals surface area contributed by atoms with Gasteiger partial charge in [0.05, 0.1) is 6.61 Å². The monoisotopic (exact) mass is 207 g/mol. The third-order valence-electron chi connectivity index (χ3n) is 2.09. The Kier molecular flexibility index (Phi) is 8.97. The predicted octanol–water partition coefficient (Wildman–Crippen LogP) is 0.461. The maximum absolute atomic E-state index is 9.00. The van der Waals surface area contributed by atoms with Crippen molar-refractivity contribution < 1.29 is 10.2 Å². The minimum absolute atomic E-state index is 0.218. The molecule has 0 aromatic carbocycles. The summed E-state index contributed by atoms with van der Waals surface area (Å²) in [6.45, 7) is 3.48. The molecular formula is C9H21NO2S. The number of hydrogen-bond acceptors (Lipinski definition) is 4. The molecular weight excluding hydrogens is 186 g/mol. The van der Waals surface area contributed by atoms with Crippen LogP contribution in [0.4, 0.5) is 0 Å². The Morgan fingerprint density at radius 3 is 2.46 bits per heavy atom. The smallest absolute Gasteiger partial charge is 0.0564 e. The summed E-state index contributed by atoms with van der Waals surface area (Å²) >= 11 is 1.68. The lowest BCUT2D eigenvalue weighted by atomic mass is 10.2. The Morgan fingerprint density at radius 1 is 1.31 bits per heavy atom. The zero-order valence-electron chi connectivity index (χ0n) is 8.49. The number of unbranched alkanes of at least 4 members (excludes halogenated alkanes) is 1. The second-order valence-electron chi connectivity index (χ2n) is 3.13.